The minimum absolute atomic E-state index is 0.00495. The van der Waals surface area contributed by atoms with Crippen molar-refractivity contribution in [3.8, 4) is 0 Å². The van der Waals surface area contributed by atoms with Crippen LogP contribution in [-0.4, -0.2) is 46.7 Å². The lowest BCUT2D eigenvalue weighted by atomic mass is 10.2. The lowest BCUT2D eigenvalue weighted by Crippen LogP contribution is -2.40. The van der Waals surface area contributed by atoms with E-state index in [1.165, 1.54) is 0 Å². The molecule has 102 valence electrons. The predicted octanol–water partition coefficient (Wildman–Crippen LogP) is 3.04. The van der Waals surface area contributed by atoms with E-state index in [1.54, 1.807) is 16.7 Å². The number of rotatable bonds is 2. The maximum atomic E-state index is 12.0. The van der Waals surface area contributed by atoms with E-state index in [0.717, 1.165) is 0 Å². The van der Waals surface area contributed by atoms with Crippen molar-refractivity contribution in [2.75, 3.05) is 12.8 Å². The van der Waals surface area contributed by atoms with E-state index in [1.807, 2.05) is 34.0 Å². The molecular weight excluding hydrogens is 252 g/mol. The smallest absolute Gasteiger partial charge is 0.410 e. The molecule has 3 atom stereocenters. The highest BCUT2D eigenvalue weighted by Gasteiger charge is 2.42. The van der Waals surface area contributed by atoms with Crippen molar-refractivity contribution in [3.63, 3.8) is 0 Å². The van der Waals surface area contributed by atoms with Crippen LogP contribution in [0, 0.1) is 0 Å². The number of ether oxygens (including phenoxy) is 1. The third kappa shape index (κ3) is 3.46. The van der Waals surface area contributed by atoms with Gasteiger partial charge in [-0.15, -0.1) is 0 Å². The number of thioether (sulfide) groups is 1. The van der Waals surface area contributed by atoms with E-state index in [9.17, 15) is 4.79 Å². The Morgan fingerprint density at radius 1 is 1.56 bits per heavy atom. The monoisotopic (exact) mass is 272 g/mol. The van der Waals surface area contributed by atoms with E-state index in [0.29, 0.717) is 6.54 Å². The first-order valence-corrected chi connectivity index (χ1v) is 7.15. The summed E-state index contributed by atoms with van der Waals surface area (Å²) in [6.07, 6.45) is 1.62. The lowest BCUT2D eigenvalue weighted by molar-refractivity contribution is 0.0238. The summed E-state index contributed by atoms with van der Waals surface area (Å²) in [5.74, 6) is 0. The van der Waals surface area contributed by atoms with Crippen molar-refractivity contribution in [3.05, 3.63) is 10.4 Å². The highest BCUT2D eigenvalue weighted by molar-refractivity contribution is 7.99. The molecule has 0 aromatic rings. The Labute approximate surface area is 112 Å². The quantitative estimate of drug-likeness (QED) is 0.440. The van der Waals surface area contributed by atoms with Gasteiger partial charge in [-0.1, -0.05) is 5.11 Å². The van der Waals surface area contributed by atoms with Crippen molar-refractivity contribution in [1.29, 1.82) is 0 Å². The molecule has 1 saturated heterocycles. The van der Waals surface area contributed by atoms with Gasteiger partial charge in [0.1, 0.15) is 5.60 Å². The summed E-state index contributed by atoms with van der Waals surface area (Å²) in [4.78, 5) is 16.5. The minimum atomic E-state index is -0.512. The summed E-state index contributed by atoms with van der Waals surface area (Å²) in [7, 11) is 0. The summed E-state index contributed by atoms with van der Waals surface area (Å²) in [5.41, 5.74) is 8.04. The van der Waals surface area contributed by atoms with Gasteiger partial charge in [0.05, 0.1) is 6.04 Å². The molecule has 0 spiro atoms. The number of carbonyl (C=O) groups is 1. The number of hydrogen-bond donors (Lipinski definition) is 0. The topological polar surface area (TPSA) is 78.3 Å². The van der Waals surface area contributed by atoms with Crippen LogP contribution < -0.4 is 0 Å². The van der Waals surface area contributed by atoms with Gasteiger partial charge in [-0.05, 0) is 39.5 Å². The highest BCUT2D eigenvalue weighted by atomic mass is 32.2. The second kappa shape index (κ2) is 5.71. The Morgan fingerprint density at radius 2 is 2.17 bits per heavy atom. The molecule has 0 radical (unpaired) electrons. The van der Waals surface area contributed by atoms with Gasteiger partial charge in [0.25, 0.3) is 0 Å². The Kier molecular flexibility index (Phi) is 4.76. The molecule has 1 heterocycles. The standard InChI is InChI=1S/C11H20N4O2S/c1-7-9(18-5)8(13-14-12)6-15(7)10(16)17-11(2,3)4/h7-9H,6H2,1-5H3. The summed E-state index contributed by atoms with van der Waals surface area (Å²) >= 11 is 1.61. The minimum Gasteiger partial charge on any atom is -0.444 e. The van der Waals surface area contributed by atoms with E-state index in [2.05, 4.69) is 10.0 Å². The molecule has 7 heteroatoms. The van der Waals surface area contributed by atoms with Crippen molar-refractivity contribution in [2.24, 2.45) is 5.11 Å². The van der Waals surface area contributed by atoms with Crippen molar-refractivity contribution >= 4 is 17.9 Å². The first kappa shape index (κ1) is 15.0. The molecule has 1 fully saturated rings. The van der Waals surface area contributed by atoms with Crippen LogP contribution in [0.25, 0.3) is 10.4 Å². The second-order valence-corrected chi connectivity index (χ2v) is 6.36. The van der Waals surface area contributed by atoms with Gasteiger partial charge in [-0.2, -0.15) is 11.8 Å². The van der Waals surface area contributed by atoms with E-state index in [4.69, 9.17) is 10.3 Å². The first-order chi connectivity index (χ1) is 8.30. The van der Waals surface area contributed by atoms with Crippen molar-refractivity contribution < 1.29 is 9.53 Å². The fraction of sp³-hybridized carbons (Fsp3) is 0.909. The summed E-state index contributed by atoms with van der Waals surface area (Å²) in [5, 5.41) is 3.88. The molecule has 1 amide bonds. The average Bonchev–Trinajstić information content (AvgIpc) is 2.53. The Morgan fingerprint density at radius 3 is 2.61 bits per heavy atom. The molecule has 0 bridgehead atoms. The highest BCUT2D eigenvalue weighted by Crippen LogP contribution is 2.30. The van der Waals surface area contributed by atoms with Crippen LogP contribution in [-0.2, 0) is 4.74 Å². The van der Waals surface area contributed by atoms with Gasteiger partial charge < -0.3 is 9.64 Å². The molecule has 0 aromatic carbocycles. The maximum Gasteiger partial charge on any atom is 0.410 e. The Hall–Kier alpha value is -1.07. The molecule has 0 aromatic heterocycles. The molecule has 1 aliphatic heterocycles. The summed E-state index contributed by atoms with van der Waals surface area (Å²) < 4.78 is 5.35. The molecule has 0 aliphatic carbocycles. The van der Waals surface area contributed by atoms with Gasteiger partial charge in [-0.3, -0.25) is 0 Å². The van der Waals surface area contributed by atoms with Gasteiger partial charge in [0.2, 0.25) is 0 Å². The number of carbonyl (C=O) groups excluding carboxylic acids is 1. The summed E-state index contributed by atoms with van der Waals surface area (Å²) in [6.45, 7) is 7.89. The number of likely N-dealkylation sites (tertiary alicyclic amines) is 1. The van der Waals surface area contributed by atoms with Crippen LogP contribution in [0.4, 0.5) is 4.79 Å². The molecule has 1 aliphatic rings. The van der Waals surface area contributed by atoms with Crippen LogP contribution in [0.3, 0.4) is 0 Å². The Balaban J connectivity index is 2.79. The molecule has 0 N–H and O–H groups in total. The third-order valence-electron chi connectivity index (χ3n) is 2.83. The Bertz CT molecular complexity index is 363. The van der Waals surface area contributed by atoms with E-state index >= 15 is 0 Å². The zero-order valence-electron chi connectivity index (χ0n) is 11.5. The molecule has 6 nitrogen and oxygen atoms in total. The molecule has 0 saturated carbocycles. The fourth-order valence-corrected chi connectivity index (χ4v) is 3.05. The SMILES string of the molecule is CSC1C(N=[N+]=[N-])CN(C(=O)OC(C)(C)C)C1C. The zero-order chi connectivity index (χ0) is 13.9. The number of nitrogens with zero attached hydrogens (tertiary/aromatic N) is 4. The van der Waals surface area contributed by atoms with Gasteiger partial charge in [-0.25, -0.2) is 4.79 Å². The van der Waals surface area contributed by atoms with Gasteiger partial charge >= 0.3 is 6.09 Å². The van der Waals surface area contributed by atoms with Crippen molar-refractivity contribution in [1.82, 2.24) is 4.90 Å². The van der Waals surface area contributed by atoms with Crippen LogP contribution in [0.5, 0.6) is 0 Å². The molecular formula is C11H20N4O2S. The summed E-state index contributed by atoms with van der Waals surface area (Å²) in [6, 6.07) is -0.183. The maximum absolute atomic E-state index is 12.0. The number of azide groups is 1. The van der Waals surface area contributed by atoms with Crippen LogP contribution in [0.1, 0.15) is 27.7 Å². The third-order valence-corrected chi connectivity index (χ3v) is 4.08. The van der Waals surface area contributed by atoms with Crippen LogP contribution in [0.15, 0.2) is 5.11 Å². The molecule has 18 heavy (non-hydrogen) atoms. The number of amides is 1. The fourth-order valence-electron chi connectivity index (χ4n) is 2.05. The van der Waals surface area contributed by atoms with Crippen molar-refractivity contribution in [2.45, 2.75) is 50.6 Å². The van der Waals surface area contributed by atoms with E-state index in [-0.39, 0.29) is 23.4 Å². The normalized spacial score (nSPS) is 27.8. The van der Waals surface area contributed by atoms with Gasteiger partial charge in [0, 0.05) is 22.7 Å². The van der Waals surface area contributed by atoms with Gasteiger partial charge in [0.15, 0.2) is 0 Å². The molecule has 1 rings (SSSR count). The largest absolute Gasteiger partial charge is 0.444 e. The molecule has 3 unspecified atom stereocenters. The lowest BCUT2D eigenvalue weighted by Gasteiger charge is -2.28. The number of hydrogen-bond acceptors (Lipinski definition) is 4. The average molecular weight is 272 g/mol. The second-order valence-electron chi connectivity index (χ2n) is 5.35. The van der Waals surface area contributed by atoms with Crippen LogP contribution in [0.2, 0.25) is 0 Å². The predicted molar refractivity (Wildman–Crippen MR) is 72.6 cm³/mol. The first-order valence-electron chi connectivity index (χ1n) is 5.86. The van der Waals surface area contributed by atoms with E-state index < -0.39 is 5.60 Å². The zero-order valence-corrected chi connectivity index (χ0v) is 12.3. The van der Waals surface area contributed by atoms with Crippen LogP contribution >= 0.6 is 11.8 Å².